The Morgan fingerprint density at radius 2 is 1.79 bits per heavy atom. The Hall–Kier alpha value is -2.14. The summed E-state index contributed by atoms with van der Waals surface area (Å²) in [4.78, 5) is 24.3. The molecule has 0 amide bonds. The van der Waals surface area contributed by atoms with Crippen molar-refractivity contribution >= 4 is 27.7 Å². The molecule has 0 saturated carbocycles. The molecule has 2 aromatic rings. The van der Waals surface area contributed by atoms with Crippen molar-refractivity contribution in [1.82, 2.24) is 0 Å². The second kappa shape index (κ2) is 7.18. The van der Waals surface area contributed by atoms with Gasteiger partial charge >= 0.3 is 5.97 Å². The van der Waals surface area contributed by atoms with E-state index in [0.717, 1.165) is 19.3 Å². The number of ketones is 1. The van der Waals surface area contributed by atoms with Crippen molar-refractivity contribution < 1.29 is 19.4 Å². The van der Waals surface area contributed by atoms with E-state index in [1.807, 2.05) is 12.1 Å². The number of ether oxygens (including phenoxy) is 1. The highest BCUT2D eigenvalue weighted by Gasteiger charge is 2.17. The molecule has 5 heteroatoms. The second-order valence-electron chi connectivity index (χ2n) is 5.85. The van der Waals surface area contributed by atoms with Gasteiger partial charge in [-0.3, -0.25) is 4.79 Å². The summed E-state index contributed by atoms with van der Waals surface area (Å²) < 4.78 is 5.70. The summed E-state index contributed by atoms with van der Waals surface area (Å²) in [5.74, 6) is -1.14. The molecule has 2 aromatic carbocycles. The first-order valence-electron chi connectivity index (χ1n) is 7.85. The fraction of sp³-hybridized carbons (Fsp3) is 0.263. The second-order valence-corrected chi connectivity index (χ2v) is 6.77. The summed E-state index contributed by atoms with van der Waals surface area (Å²) in [6.45, 7) is -0.344. The number of benzene rings is 2. The van der Waals surface area contributed by atoms with Crippen molar-refractivity contribution in [3.63, 3.8) is 0 Å². The third-order valence-corrected chi connectivity index (χ3v) is 4.68. The highest BCUT2D eigenvalue weighted by Crippen LogP contribution is 2.24. The lowest BCUT2D eigenvalue weighted by Crippen LogP contribution is -2.15. The molecular formula is C19H17BrO4. The van der Waals surface area contributed by atoms with Crippen molar-refractivity contribution in [1.29, 1.82) is 0 Å². The number of halogens is 1. The van der Waals surface area contributed by atoms with Crippen LogP contribution in [0.2, 0.25) is 0 Å². The van der Waals surface area contributed by atoms with Gasteiger partial charge in [-0.1, -0.05) is 28.1 Å². The predicted molar refractivity (Wildman–Crippen MR) is 93.5 cm³/mol. The summed E-state index contributed by atoms with van der Waals surface area (Å²) in [7, 11) is 0. The smallest absolute Gasteiger partial charge is 0.342 e. The maximum atomic E-state index is 12.3. The van der Waals surface area contributed by atoms with E-state index in [4.69, 9.17) is 4.74 Å². The molecular weight excluding hydrogens is 372 g/mol. The van der Waals surface area contributed by atoms with E-state index in [2.05, 4.69) is 15.9 Å². The highest BCUT2D eigenvalue weighted by atomic mass is 79.9. The van der Waals surface area contributed by atoms with Gasteiger partial charge in [0.1, 0.15) is 11.3 Å². The number of aromatic hydroxyl groups is 1. The molecule has 1 N–H and O–H groups in total. The Morgan fingerprint density at radius 1 is 1.04 bits per heavy atom. The minimum Gasteiger partial charge on any atom is -0.507 e. The zero-order valence-corrected chi connectivity index (χ0v) is 14.6. The van der Waals surface area contributed by atoms with Crippen LogP contribution in [0.15, 0.2) is 40.9 Å². The van der Waals surface area contributed by atoms with Crippen molar-refractivity contribution in [2.75, 3.05) is 6.61 Å². The molecule has 1 aliphatic carbocycles. The topological polar surface area (TPSA) is 63.6 Å². The Morgan fingerprint density at radius 3 is 2.58 bits per heavy atom. The van der Waals surface area contributed by atoms with Crippen LogP contribution in [0.5, 0.6) is 5.75 Å². The summed E-state index contributed by atoms with van der Waals surface area (Å²) in [5, 5.41) is 9.71. The number of carbonyl (C=O) groups is 2. The first kappa shape index (κ1) is 16.7. The summed E-state index contributed by atoms with van der Waals surface area (Å²) in [6.07, 6.45) is 4.37. The Labute approximate surface area is 148 Å². The van der Waals surface area contributed by atoms with Crippen LogP contribution < -0.4 is 0 Å². The molecule has 0 spiro atoms. The molecule has 0 aromatic heterocycles. The molecule has 0 bridgehead atoms. The molecule has 24 heavy (non-hydrogen) atoms. The molecule has 1 aliphatic rings. The number of carbonyl (C=O) groups excluding carboxylic acids is 2. The molecule has 0 fully saturated rings. The number of hydrogen-bond donors (Lipinski definition) is 1. The quantitative estimate of drug-likeness (QED) is 0.633. The van der Waals surface area contributed by atoms with E-state index in [1.54, 1.807) is 12.1 Å². The largest absolute Gasteiger partial charge is 0.507 e. The average molecular weight is 389 g/mol. The predicted octanol–water partition coefficient (Wildman–Crippen LogP) is 4.07. The van der Waals surface area contributed by atoms with Gasteiger partial charge in [-0.25, -0.2) is 4.79 Å². The number of aryl methyl sites for hydroxylation is 2. The van der Waals surface area contributed by atoms with Crippen molar-refractivity contribution in [2.24, 2.45) is 0 Å². The number of hydrogen-bond acceptors (Lipinski definition) is 4. The van der Waals surface area contributed by atoms with Crippen LogP contribution in [0.1, 0.15) is 44.7 Å². The fourth-order valence-electron chi connectivity index (χ4n) is 2.87. The van der Waals surface area contributed by atoms with E-state index in [1.165, 1.54) is 29.7 Å². The van der Waals surface area contributed by atoms with Gasteiger partial charge in [0.05, 0.1) is 0 Å². The van der Waals surface area contributed by atoms with Crippen molar-refractivity contribution in [2.45, 2.75) is 25.7 Å². The van der Waals surface area contributed by atoms with Gasteiger partial charge in [0, 0.05) is 10.0 Å². The third-order valence-electron chi connectivity index (χ3n) is 4.18. The number of phenolic OH excluding ortho intramolecular Hbond substituents is 1. The van der Waals surface area contributed by atoms with Gasteiger partial charge in [-0.15, -0.1) is 0 Å². The normalized spacial score (nSPS) is 13.2. The van der Waals surface area contributed by atoms with Crippen LogP contribution >= 0.6 is 15.9 Å². The van der Waals surface area contributed by atoms with Crippen molar-refractivity contribution in [3.05, 3.63) is 63.1 Å². The summed E-state index contributed by atoms with van der Waals surface area (Å²) in [6, 6.07) is 10.2. The van der Waals surface area contributed by atoms with Gasteiger partial charge < -0.3 is 9.84 Å². The van der Waals surface area contributed by atoms with Gasteiger partial charge in [-0.05, 0) is 61.1 Å². The van der Waals surface area contributed by atoms with Gasteiger partial charge in [0.25, 0.3) is 0 Å². The molecule has 0 atom stereocenters. The molecule has 0 unspecified atom stereocenters. The molecule has 4 nitrogen and oxygen atoms in total. The molecule has 0 heterocycles. The average Bonchev–Trinajstić information content (AvgIpc) is 2.61. The molecule has 3 rings (SSSR count). The summed E-state index contributed by atoms with van der Waals surface area (Å²) in [5.41, 5.74) is 3.10. The maximum Gasteiger partial charge on any atom is 0.342 e. The zero-order valence-electron chi connectivity index (χ0n) is 13.0. The van der Waals surface area contributed by atoms with E-state index < -0.39 is 5.97 Å². The number of fused-ring (bicyclic) bond motifs is 1. The maximum absolute atomic E-state index is 12.3. The Balaban J connectivity index is 1.67. The number of Topliss-reactive ketones (excluding diaryl/α,β-unsaturated/α-hetero) is 1. The van der Waals surface area contributed by atoms with Gasteiger partial charge in [-0.2, -0.15) is 0 Å². The molecule has 124 valence electrons. The van der Waals surface area contributed by atoms with E-state index in [-0.39, 0.29) is 23.7 Å². The molecule has 0 aliphatic heterocycles. The number of phenols is 1. The minimum absolute atomic E-state index is 0.0302. The fourth-order valence-corrected chi connectivity index (χ4v) is 3.23. The highest BCUT2D eigenvalue weighted by molar-refractivity contribution is 9.10. The lowest BCUT2D eigenvalue weighted by molar-refractivity contribution is 0.0471. The lowest BCUT2D eigenvalue weighted by atomic mass is 9.90. The van der Waals surface area contributed by atoms with E-state index >= 15 is 0 Å². The Bertz CT molecular complexity index is 798. The summed E-state index contributed by atoms with van der Waals surface area (Å²) >= 11 is 3.23. The lowest BCUT2D eigenvalue weighted by Gasteiger charge is -2.16. The van der Waals surface area contributed by atoms with Crippen LogP contribution in [0.3, 0.4) is 0 Å². The van der Waals surface area contributed by atoms with Crippen LogP contribution in [-0.4, -0.2) is 23.5 Å². The van der Waals surface area contributed by atoms with Gasteiger partial charge in [0.2, 0.25) is 0 Å². The van der Waals surface area contributed by atoms with Crippen LogP contribution in [-0.2, 0) is 17.6 Å². The first-order chi connectivity index (χ1) is 11.5. The Kier molecular flexibility index (Phi) is 5.00. The molecule has 0 saturated heterocycles. The van der Waals surface area contributed by atoms with E-state index in [9.17, 15) is 14.7 Å². The van der Waals surface area contributed by atoms with Crippen LogP contribution in [0, 0.1) is 0 Å². The number of rotatable bonds is 4. The van der Waals surface area contributed by atoms with Crippen LogP contribution in [0.4, 0.5) is 0 Å². The molecule has 0 radical (unpaired) electrons. The van der Waals surface area contributed by atoms with E-state index in [0.29, 0.717) is 10.0 Å². The third kappa shape index (κ3) is 3.67. The van der Waals surface area contributed by atoms with Crippen molar-refractivity contribution in [3.8, 4) is 5.75 Å². The van der Waals surface area contributed by atoms with Crippen LogP contribution in [0.25, 0.3) is 0 Å². The van der Waals surface area contributed by atoms with Gasteiger partial charge in [0.15, 0.2) is 12.4 Å². The minimum atomic E-state index is -0.722. The number of esters is 1. The zero-order chi connectivity index (χ0) is 17.1. The standard InChI is InChI=1S/C19H17BrO4/c20-15-7-8-17(21)16(10-15)19(23)24-11-18(22)14-6-5-12-3-1-2-4-13(12)9-14/h5-10,21H,1-4,11H2. The SMILES string of the molecule is O=C(COC(=O)c1cc(Br)ccc1O)c1ccc2c(c1)CCCC2. The first-order valence-corrected chi connectivity index (χ1v) is 8.64. The monoisotopic (exact) mass is 388 g/mol.